The number of rotatable bonds is 5. The fourth-order valence-electron chi connectivity index (χ4n) is 3.83. The van der Waals surface area contributed by atoms with Crippen molar-refractivity contribution in [2.45, 2.75) is 30.6 Å². The summed E-state index contributed by atoms with van der Waals surface area (Å²) in [6, 6.07) is 13.8. The van der Waals surface area contributed by atoms with Gasteiger partial charge >= 0.3 is 0 Å². The molecule has 2 aliphatic rings. The fourth-order valence-corrected chi connectivity index (χ4v) is 4.88. The maximum Gasteiger partial charge on any atom is 0.261 e. The molecule has 7 nitrogen and oxygen atoms in total. The summed E-state index contributed by atoms with van der Waals surface area (Å²) < 4.78 is 30.1. The van der Waals surface area contributed by atoms with Crippen molar-refractivity contribution in [3.8, 4) is 5.69 Å². The lowest BCUT2D eigenvalue weighted by Gasteiger charge is -2.30. The molecule has 1 aliphatic heterocycles. The van der Waals surface area contributed by atoms with Crippen LogP contribution >= 0.6 is 0 Å². The van der Waals surface area contributed by atoms with Crippen LogP contribution in [0.15, 0.2) is 65.8 Å². The molecular weight excluding hydrogens is 400 g/mol. The summed E-state index contributed by atoms with van der Waals surface area (Å²) in [6.45, 7) is 0.688. The van der Waals surface area contributed by atoms with Crippen LogP contribution in [-0.4, -0.2) is 30.7 Å². The number of anilines is 2. The lowest BCUT2D eigenvalue weighted by molar-refractivity contribution is -0.119. The van der Waals surface area contributed by atoms with Gasteiger partial charge < -0.3 is 4.90 Å². The lowest BCUT2D eigenvalue weighted by atomic mass is 10.0. The van der Waals surface area contributed by atoms with E-state index in [1.165, 1.54) is 0 Å². The van der Waals surface area contributed by atoms with Crippen LogP contribution in [0.3, 0.4) is 0 Å². The number of nitrogens with one attached hydrogen (secondary N) is 1. The molecule has 0 radical (unpaired) electrons. The van der Waals surface area contributed by atoms with E-state index in [4.69, 9.17) is 0 Å². The summed E-state index contributed by atoms with van der Waals surface area (Å²) in [5.41, 5.74) is 3.15. The standard InChI is InChI=1S/C22H22N4O3S/c27-22(17-4-5-17)25-13-1-3-16-6-7-18(15-21(16)25)24-30(28,29)20-10-8-19(9-11-20)26-14-2-12-23-26/h2,6-12,14-15,17,24H,1,3-5,13H2. The third-order valence-corrected chi connectivity index (χ3v) is 6.96. The van der Waals surface area contributed by atoms with E-state index in [0.717, 1.165) is 42.6 Å². The minimum Gasteiger partial charge on any atom is -0.312 e. The van der Waals surface area contributed by atoms with Gasteiger partial charge in [-0.2, -0.15) is 5.10 Å². The maximum atomic E-state index is 12.9. The average Bonchev–Trinajstić information content (AvgIpc) is 3.46. The van der Waals surface area contributed by atoms with Gasteiger partial charge in [-0.05, 0) is 73.7 Å². The van der Waals surface area contributed by atoms with Gasteiger partial charge in [-0.25, -0.2) is 13.1 Å². The number of hydrogen-bond donors (Lipinski definition) is 1. The summed E-state index contributed by atoms with van der Waals surface area (Å²) in [6.07, 6.45) is 7.19. The Balaban J connectivity index is 1.40. The van der Waals surface area contributed by atoms with Crippen molar-refractivity contribution in [2.24, 2.45) is 5.92 Å². The Hall–Kier alpha value is -3.13. The molecule has 1 amide bonds. The Labute approximate surface area is 175 Å². The van der Waals surface area contributed by atoms with Crippen molar-refractivity contribution in [2.75, 3.05) is 16.2 Å². The summed E-state index contributed by atoms with van der Waals surface area (Å²) in [4.78, 5) is 14.6. The first-order chi connectivity index (χ1) is 14.5. The van der Waals surface area contributed by atoms with Crippen LogP contribution in [0.1, 0.15) is 24.8 Å². The lowest BCUT2D eigenvalue weighted by Crippen LogP contribution is -2.36. The monoisotopic (exact) mass is 422 g/mol. The van der Waals surface area contributed by atoms with Gasteiger partial charge in [0.15, 0.2) is 0 Å². The highest BCUT2D eigenvalue weighted by Gasteiger charge is 2.35. The second-order valence-electron chi connectivity index (χ2n) is 7.76. The quantitative estimate of drug-likeness (QED) is 0.683. The Morgan fingerprint density at radius 3 is 2.60 bits per heavy atom. The van der Waals surface area contributed by atoms with Crippen molar-refractivity contribution in [1.82, 2.24) is 9.78 Å². The second-order valence-corrected chi connectivity index (χ2v) is 9.44. The van der Waals surface area contributed by atoms with Gasteiger partial charge in [0, 0.05) is 30.5 Å². The minimum atomic E-state index is -3.75. The molecule has 0 atom stereocenters. The SMILES string of the molecule is O=C(C1CC1)N1CCCc2ccc(NS(=O)(=O)c3ccc(-n4cccn4)cc3)cc21. The summed E-state index contributed by atoms with van der Waals surface area (Å²) in [5.74, 6) is 0.287. The fraction of sp³-hybridized carbons (Fsp3) is 0.273. The first-order valence-electron chi connectivity index (χ1n) is 10.1. The molecule has 0 spiro atoms. The number of nitrogens with zero attached hydrogens (tertiary/aromatic N) is 3. The van der Waals surface area contributed by atoms with Crippen LogP contribution in [0.2, 0.25) is 0 Å². The van der Waals surface area contributed by atoms with E-state index in [1.54, 1.807) is 59.5 Å². The number of fused-ring (bicyclic) bond motifs is 1. The van der Waals surface area contributed by atoms with Crippen LogP contribution in [0.25, 0.3) is 5.69 Å². The molecule has 0 unspecified atom stereocenters. The van der Waals surface area contributed by atoms with Crippen molar-refractivity contribution in [3.63, 3.8) is 0 Å². The van der Waals surface area contributed by atoms with Gasteiger partial charge in [0.05, 0.1) is 16.3 Å². The molecule has 0 saturated heterocycles. The van der Waals surface area contributed by atoms with E-state index in [2.05, 4.69) is 9.82 Å². The number of carbonyl (C=O) groups is 1. The predicted molar refractivity (Wildman–Crippen MR) is 114 cm³/mol. The maximum absolute atomic E-state index is 12.9. The normalized spacial score (nSPS) is 16.2. The topological polar surface area (TPSA) is 84.3 Å². The largest absolute Gasteiger partial charge is 0.312 e. The molecule has 154 valence electrons. The number of carbonyl (C=O) groups excluding carboxylic acids is 1. The molecule has 0 bridgehead atoms. The van der Waals surface area contributed by atoms with Crippen LogP contribution < -0.4 is 9.62 Å². The third-order valence-electron chi connectivity index (χ3n) is 5.56. The molecule has 2 heterocycles. The zero-order valence-corrected chi connectivity index (χ0v) is 17.2. The second kappa shape index (κ2) is 7.28. The Bertz CT molecular complexity index is 1180. The zero-order valence-electron chi connectivity index (χ0n) is 16.4. The molecule has 30 heavy (non-hydrogen) atoms. The van der Waals surface area contributed by atoms with Crippen LogP contribution in [0.4, 0.5) is 11.4 Å². The summed E-state index contributed by atoms with van der Waals surface area (Å²) in [7, 11) is -3.75. The van der Waals surface area contributed by atoms with Crippen molar-refractivity contribution < 1.29 is 13.2 Å². The Morgan fingerprint density at radius 2 is 1.90 bits per heavy atom. The van der Waals surface area contributed by atoms with E-state index in [9.17, 15) is 13.2 Å². The molecule has 5 rings (SSSR count). The van der Waals surface area contributed by atoms with Crippen molar-refractivity contribution in [3.05, 3.63) is 66.5 Å². The highest BCUT2D eigenvalue weighted by Crippen LogP contribution is 2.37. The molecule has 1 aromatic heterocycles. The van der Waals surface area contributed by atoms with Gasteiger partial charge in [-0.1, -0.05) is 6.07 Å². The van der Waals surface area contributed by atoms with Gasteiger partial charge in [0.1, 0.15) is 0 Å². The molecule has 2 aromatic carbocycles. The molecule has 1 aliphatic carbocycles. The highest BCUT2D eigenvalue weighted by atomic mass is 32.2. The van der Waals surface area contributed by atoms with E-state index in [1.807, 2.05) is 11.0 Å². The molecule has 1 saturated carbocycles. The zero-order chi connectivity index (χ0) is 20.7. The number of aryl methyl sites for hydroxylation is 1. The van der Waals surface area contributed by atoms with Gasteiger partial charge in [-0.3, -0.25) is 9.52 Å². The van der Waals surface area contributed by atoms with E-state index >= 15 is 0 Å². The van der Waals surface area contributed by atoms with Crippen molar-refractivity contribution in [1.29, 1.82) is 0 Å². The van der Waals surface area contributed by atoms with E-state index in [-0.39, 0.29) is 16.7 Å². The van der Waals surface area contributed by atoms with Crippen LogP contribution in [0, 0.1) is 5.92 Å². The number of amides is 1. The molecule has 8 heteroatoms. The Morgan fingerprint density at radius 1 is 1.10 bits per heavy atom. The van der Waals surface area contributed by atoms with Crippen molar-refractivity contribution >= 4 is 27.3 Å². The van der Waals surface area contributed by atoms with Gasteiger partial charge in [0.25, 0.3) is 10.0 Å². The highest BCUT2D eigenvalue weighted by molar-refractivity contribution is 7.92. The number of sulfonamides is 1. The average molecular weight is 423 g/mol. The first-order valence-corrected chi connectivity index (χ1v) is 11.6. The van der Waals surface area contributed by atoms with Crippen LogP contribution in [-0.2, 0) is 21.2 Å². The first kappa shape index (κ1) is 18.9. The van der Waals surface area contributed by atoms with E-state index < -0.39 is 10.0 Å². The van der Waals surface area contributed by atoms with Gasteiger partial charge in [0.2, 0.25) is 5.91 Å². The van der Waals surface area contributed by atoms with Crippen LogP contribution in [0.5, 0.6) is 0 Å². The molecule has 1 fully saturated rings. The summed E-state index contributed by atoms with van der Waals surface area (Å²) >= 11 is 0. The van der Waals surface area contributed by atoms with E-state index in [0.29, 0.717) is 12.2 Å². The van der Waals surface area contributed by atoms with Gasteiger partial charge in [-0.15, -0.1) is 0 Å². The summed E-state index contributed by atoms with van der Waals surface area (Å²) in [5, 5.41) is 4.14. The predicted octanol–water partition coefficient (Wildman–Crippen LogP) is 3.36. The molecular formula is C22H22N4O3S. The molecule has 3 aromatic rings. The Kier molecular flexibility index (Phi) is 4.58. The molecule has 1 N–H and O–H groups in total. The number of benzene rings is 2. The smallest absolute Gasteiger partial charge is 0.261 e. The third kappa shape index (κ3) is 3.59. The number of aromatic nitrogens is 2. The number of hydrogen-bond acceptors (Lipinski definition) is 4. The minimum absolute atomic E-state index is 0.129.